The first-order chi connectivity index (χ1) is 8.93. The van der Waals surface area contributed by atoms with Crippen LogP contribution >= 0.6 is 0 Å². The second kappa shape index (κ2) is 6.92. The van der Waals surface area contributed by atoms with E-state index in [1.165, 1.54) is 5.56 Å². The molecule has 1 N–H and O–H groups in total. The highest BCUT2D eigenvalue weighted by Gasteiger charge is 2.17. The molecule has 0 fully saturated rings. The number of benzene rings is 1. The smallest absolute Gasteiger partial charge is 0.325 e. The Balaban J connectivity index is 2.52. The van der Waals surface area contributed by atoms with E-state index in [2.05, 4.69) is 31.0 Å². The molecule has 0 saturated carbocycles. The van der Waals surface area contributed by atoms with Crippen LogP contribution < -0.4 is 4.74 Å². The molecule has 1 rings (SSSR count). The lowest BCUT2D eigenvalue weighted by Gasteiger charge is -2.22. The second-order valence-corrected chi connectivity index (χ2v) is 5.31. The van der Waals surface area contributed by atoms with Crippen LogP contribution in [0.1, 0.15) is 25.8 Å². The Kier molecular flexibility index (Phi) is 5.55. The summed E-state index contributed by atoms with van der Waals surface area (Å²) in [6.45, 7) is 4.13. The van der Waals surface area contributed by atoms with E-state index in [4.69, 9.17) is 9.84 Å². The second-order valence-electron chi connectivity index (χ2n) is 5.31. The van der Waals surface area contributed by atoms with E-state index in [1.807, 2.05) is 12.1 Å². The summed E-state index contributed by atoms with van der Waals surface area (Å²) in [7, 11) is 1.65. The highest BCUT2D eigenvalue weighted by molar-refractivity contribution is 5.72. The fourth-order valence-corrected chi connectivity index (χ4v) is 1.82. The van der Waals surface area contributed by atoms with Crippen LogP contribution in [-0.2, 0) is 11.2 Å². The van der Waals surface area contributed by atoms with Gasteiger partial charge in [-0.05, 0) is 42.2 Å². The van der Waals surface area contributed by atoms with Gasteiger partial charge in [-0.3, -0.25) is 9.79 Å². The monoisotopic (exact) mass is 263 g/mol. The third kappa shape index (κ3) is 6.04. The number of rotatable bonds is 7. The fraction of sp³-hybridized carbons (Fsp3) is 0.467. The van der Waals surface area contributed by atoms with Crippen molar-refractivity contribution < 1.29 is 14.6 Å². The van der Waals surface area contributed by atoms with Gasteiger partial charge < -0.3 is 9.84 Å². The highest BCUT2D eigenvalue weighted by Crippen LogP contribution is 2.25. The molecular formula is C15H21NO3. The average Bonchev–Trinajstić information content (AvgIpc) is 2.35. The van der Waals surface area contributed by atoms with Gasteiger partial charge >= 0.3 is 5.97 Å². The van der Waals surface area contributed by atoms with Crippen LogP contribution in [0.2, 0.25) is 0 Å². The molecule has 0 atom stereocenters. The van der Waals surface area contributed by atoms with Crippen LogP contribution in [0.15, 0.2) is 29.3 Å². The van der Waals surface area contributed by atoms with Crippen molar-refractivity contribution in [1.29, 1.82) is 0 Å². The number of nitrogens with zero attached hydrogens (tertiary/aromatic N) is 1. The standard InChI is InChI=1S/C15H21NO3/c1-15(2,8-9-16-11-14(17)18)10-12-4-6-13(19-3)7-5-12/h4-7,9H,8,10-11H2,1-3H3,(H,17,18). The lowest BCUT2D eigenvalue weighted by atomic mass is 9.83. The van der Waals surface area contributed by atoms with E-state index in [0.29, 0.717) is 0 Å². The minimum absolute atomic E-state index is 0.0522. The minimum Gasteiger partial charge on any atom is -0.497 e. The summed E-state index contributed by atoms with van der Waals surface area (Å²) in [6.07, 6.45) is 3.38. The van der Waals surface area contributed by atoms with Gasteiger partial charge in [0.15, 0.2) is 0 Å². The van der Waals surface area contributed by atoms with Crippen LogP contribution in [0.3, 0.4) is 0 Å². The number of aliphatic carboxylic acids is 1. The van der Waals surface area contributed by atoms with Crippen molar-refractivity contribution in [3.8, 4) is 5.75 Å². The summed E-state index contributed by atoms with van der Waals surface area (Å²) >= 11 is 0. The summed E-state index contributed by atoms with van der Waals surface area (Å²) in [5.41, 5.74) is 1.29. The van der Waals surface area contributed by atoms with E-state index in [0.717, 1.165) is 18.6 Å². The topological polar surface area (TPSA) is 58.9 Å². The van der Waals surface area contributed by atoms with Gasteiger partial charge in [0.05, 0.1) is 7.11 Å². The first kappa shape index (κ1) is 15.2. The Morgan fingerprint density at radius 2 is 2.00 bits per heavy atom. The van der Waals surface area contributed by atoms with Crippen molar-refractivity contribution in [2.24, 2.45) is 10.4 Å². The van der Waals surface area contributed by atoms with Gasteiger partial charge in [-0.15, -0.1) is 0 Å². The summed E-state index contributed by atoms with van der Waals surface area (Å²) in [5.74, 6) is -0.0474. The van der Waals surface area contributed by atoms with Gasteiger partial charge in [-0.2, -0.15) is 0 Å². The van der Waals surface area contributed by atoms with Gasteiger partial charge in [-0.1, -0.05) is 26.0 Å². The van der Waals surface area contributed by atoms with Gasteiger partial charge in [0.1, 0.15) is 12.3 Å². The van der Waals surface area contributed by atoms with Crippen molar-refractivity contribution in [3.05, 3.63) is 29.8 Å². The molecule has 4 heteroatoms. The number of hydrogen-bond acceptors (Lipinski definition) is 3. The molecule has 0 spiro atoms. The molecule has 0 amide bonds. The minimum atomic E-state index is -0.899. The third-order valence-electron chi connectivity index (χ3n) is 2.84. The van der Waals surface area contributed by atoms with Crippen LogP contribution in [0.25, 0.3) is 0 Å². The lowest BCUT2D eigenvalue weighted by Crippen LogP contribution is -2.16. The molecule has 0 radical (unpaired) electrons. The summed E-state index contributed by atoms with van der Waals surface area (Å²) in [4.78, 5) is 14.2. The van der Waals surface area contributed by atoms with Crippen molar-refractivity contribution >= 4 is 12.2 Å². The predicted molar refractivity (Wildman–Crippen MR) is 76.1 cm³/mol. The Morgan fingerprint density at radius 3 is 2.53 bits per heavy atom. The largest absolute Gasteiger partial charge is 0.497 e. The van der Waals surface area contributed by atoms with Gasteiger partial charge in [0, 0.05) is 0 Å². The van der Waals surface area contributed by atoms with Gasteiger partial charge in [0.25, 0.3) is 0 Å². The lowest BCUT2D eigenvalue weighted by molar-refractivity contribution is -0.135. The zero-order chi connectivity index (χ0) is 14.3. The molecule has 4 nitrogen and oxygen atoms in total. The zero-order valence-corrected chi connectivity index (χ0v) is 11.7. The number of carbonyl (C=O) groups is 1. The van der Waals surface area contributed by atoms with Crippen molar-refractivity contribution in [3.63, 3.8) is 0 Å². The predicted octanol–water partition coefficient (Wildman–Crippen LogP) is 2.81. The molecule has 1 aromatic rings. The third-order valence-corrected chi connectivity index (χ3v) is 2.84. The molecule has 0 aliphatic heterocycles. The number of methoxy groups -OCH3 is 1. The summed E-state index contributed by atoms with van der Waals surface area (Å²) < 4.78 is 5.12. The van der Waals surface area contributed by atoms with Crippen molar-refractivity contribution in [2.75, 3.05) is 13.7 Å². The maximum absolute atomic E-state index is 10.3. The van der Waals surface area contributed by atoms with E-state index in [9.17, 15) is 4.79 Å². The maximum Gasteiger partial charge on any atom is 0.325 e. The molecule has 0 unspecified atom stereocenters. The number of ether oxygens (including phenoxy) is 1. The number of carboxylic acid groups (broad SMARTS) is 1. The van der Waals surface area contributed by atoms with Crippen LogP contribution in [0.5, 0.6) is 5.75 Å². The molecule has 0 aliphatic carbocycles. The number of aliphatic imine (C=N–C) groups is 1. The Bertz CT molecular complexity index is 435. The van der Waals surface area contributed by atoms with E-state index in [1.54, 1.807) is 13.3 Å². The molecule has 1 aromatic carbocycles. The van der Waals surface area contributed by atoms with Gasteiger partial charge in [-0.25, -0.2) is 0 Å². The molecule has 0 bridgehead atoms. The van der Waals surface area contributed by atoms with E-state index >= 15 is 0 Å². The SMILES string of the molecule is COc1ccc(CC(C)(C)CC=NCC(=O)O)cc1. The quantitative estimate of drug-likeness (QED) is 0.769. The number of hydrogen-bond donors (Lipinski definition) is 1. The molecule has 0 aliphatic rings. The summed E-state index contributed by atoms with van der Waals surface area (Å²) in [6, 6.07) is 8.00. The maximum atomic E-state index is 10.3. The molecule has 0 aromatic heterocycles. The molecule has 19 heavy (non-hydrogen) atoms. The molecular weight excluding hydrogens is 242 g/mol. The van der Waals surface area contributed by atoms with Crippen LogP contribution in [0, 0.1) is 5.41 Å². The first-order valence-electron chi connectivity index (χ1n) is 6.26. The summed E-state index contributed by atoms with van der Waals surface area (Å²) in [5, 5.41) is 8.50. The zero-order valence-electron chi connectivity index (χ0n) is 11.7. The van der Waals surface area contributed by atoms with Gasteiger partial charge in [0.2, 0.25) is 0 Å². The molecule has 0 saturated heterocycles. The first-order valence-corrected chi connectivity index (χ1v) is 6.26. The van der Waals surface area contributed by atoms with Crippen molar-refractivity contribution in [2.45, 2.75) is 26.7 Å². The Morgan fingerprint density at radius 1 is 1.37 bits per heavy atom. The normalized spacial score (nSPS) is 11.7. The highest BCUT2D eigenvalue weighted by atomic mass is 16.5. The van der Waals surface area contributed by atoms with Crippen LogP contribution in [-0.4, -0.2) is 30.9 Å². The van der Waals surface area contributed by atoms with Crippen LogP contribution in [0.4, 0.5) is 0 Å². The Labute approximate surface area is 114 Å². The van der Waals surface area contributed by atoms with E-state index in [-0.39, 0.29) is 12.0 Å². The van der Waals surface area contributed by atoms with E-state index < -0.39 is 5.97 Å². The average molecular weight is 263 g/mol. The number of carboxylic acids is 1. The molecule has 104 valence electrons. The molecule has 0 heterocycles. The Hall–Kier alpha value is -1.84. The van der Waals surface area contributed by atoms with Crippen molar-refractivity contribution in [1.82, 2.24) is 0 Å². The fourth-order valence-electron chi connectivity index (χ4n) is 1.82.